The van der Waals surface area contributed by atoms with E-state index in [2.05, 4.69) is 39.7 Å². The van der Waals surface area contributed by atoms with Gasteiger partial charge >= 0.3 is 0 Å². The van der Waals surface area contributed by atoms with Crippen molar-refractivity contribution < 1.29 is 13.7 Å². The molecule has 0 aromatic heterocycles. The van der Waals surface area contributed by atoms with Gasteiger partial charge < -0.3 is 4.74 Å². The van der Waals surface area contributed by atoms with E-state index in [1.165, 1.54) is 64.5 Å². The standard InChI is InChI=1S/C20H38N2O/c1-5-21(3)15-9-7-11-19(21)13-17-23-18-14-20-12-8-10-16-22(20,4)6-2/h5-6,19-20H,1-2,7-18H2,3-4H3/q+2. The summed E-state index contributed by atoms with van der Waals surface area (Å²) in [4.78, 5) is 0. The van der Waals surface area contributed by atoms with Crippen molar-refractivity contribution in [2.75, 3.05) is 40.4 Å². The largest absolute Gasteiger partial charge is 0.381 e. The van der Waals surface area contributed by atoms with Gasteiger partial charge in [-0.3, -0.25) is 8.97 Å². The van der Waals surface area contributed by atoms with E-state index < -0.39 is 0 Å². The van der Waals surface area contributed by atoms with Gasteiger partial charge in [-0.25, -0.2) is 0 Å². The molecule has 3 heteroatoms. The second kappa shape index (κ2) is 8.46. The molecule has 0 radical (unpaired) electrons. The van der Waals surface area contributed by atoms with Gasteiger partial charge in [-0.1, -0.05) is 0 Å². The second-order valence-corrected chi connectivity index (χ2v) is 7.99. The first-order chi connectivity index (χ1) is 11.0. The summed E-state index contributed by atoms with van der Waals surface area (Å²) in [6.07, 6.45) is 14.6. The van der Waals surface area contributed by atoms with Gasteiger partial charge in [0.15, 0.2) is 0 Å². The summed E-state index contributed by atoms with van der Waals surface area (Å²) in [6, 6.07) is 1.40. The number of rotatable bonds is 8. The maximum absolute atomic E-state index is 6.03. The molecule has 2 fully saturated rings. The Morgan fingerprint density at radius 3 is 1.65 bits per heavy atom. The van der Waals surface area contributed by atoms with E-state index in [9.17, 15) is 0 Å². The molecule has 2 aliphatic heterocycles. The highest BCUT2D eigenvalue weighted by Gasteiger charge is 2.34. The summed E-state index contributed by atoms with van der Waals surface area (Å²) >= 11 is 0. The van der Waals surface area contributed by atoms with E-state index in [0.717, 1.165) is 22.2 Å². The van der Waals surface area contributed by atoms with Crippen molar-refractivity contribution in [1.29, 1.82) is 0 Å². The highest BCUT2D eigenvalue weighted by Crippen LogP contribution is 2.28. The molecule has 0 bridgehead atoms. The number of nitrogens with zero attached hydrogens (tertiary/aromatic N) is 2. The normalized spacial score (nSPS) is 38.2. The Kier molecular flexibility index (Phi) is 6.87. The highest BCUT2D eigenvalue weighted by atomic mass is 16.5. The van der Waals surface area contributed by atoms with Gasteiger partial charge in [0, 0.05) is 25.7 Å². The van der Waals surface area contributed by atoms with Crippen LogP contribution in [0.3, 0.4) is 0 Å². The Morgan fingerprint density at radius 2 is 1.26 bits per heavy atom. The van der Waals surface area contributed by atoms with E-state index in [4.69, 9.17) is 4.74 Å². The lowest BCUT2D eigenvalue weighted by Gasteiger charge is -2.42. The van der Waals surface area contributed by atoms with Crippen molar-refractivity contribution in [3.05, 3.63) is 25.6 Å². The third kappa shape index (κ3) is 4.68. The van der Waals surface area contributed by atoms with Crippen molar-refractivity contribution in [2.45, 2.75) is 63.5 Å². The molecule has 0 aromatic rings. The van der Waals surface area contributed by atoms with Gasteiger partial charge in [0.2, 0.25) is 0 Å². The van der Waals surface area contributed by atoms with Crippen molar-refractivity contribution in [3.63, 3.8) is 0 Å². The Hall–Kier alpha value is -0.640. The third-order valence-corrected chi connectivity index (χ3v) is 6.55. The van der Waals surface area contributed by atoms with E-state index >= 15 is 0 Å². The highest BCUT2D eigenvalue weighted by molar-refractivity contribution is 4.72. The fraction of sp³-hybridized carbons (Fsp3) is 0.800. The molecule has 2 saturated heterocycles. The van der Waals surface area contributed by atoms with Crippen LogP contribution >= 0.6 is 0 Å². The molecule has 132 valence electrons. The fourth-order valence-corrected chi connectivity index (χ4v) is 4.52. The van der Waals surface area contributed by atoms with Crippen LogP contribution in [0.1, 0.15) is 51.4 Å². The summed E-state index contributed by atoms with van der Waals surface area (Å²) in [5.41, 5.74) is 0. The zero-order chi connectivity index (χ0) is 16.8. The molecule has 0 saturated carbocycles. The Morgan fingerprint density at radius 1 is 0.826 bits per heavy atom. The zero-order valence-electron chi connectivity index (χ0n) is 15.5. The Balaban J connectivity index is 1.69. The van der Waals surface area contributed by atoms with Crippen LogP contribution in [-0.2, 0) is 4.74 Å². The van der Waals surface area contributed by atoms with Gasteiger partial charge in [0.1, 0.15) is 0 Å². The van der Waals surface area contributed by atoms with E-state index in [-0.39, 0.29) is 0 Å². The van der Waals surface area contributed by atoms with Crippen molar-refractivity contribution in [3.8, 4) is 0 Å². The number of quaternary nitrogens is 2. The van der Waals surface area contributed by atoms with E-state index in [0.29, 0.717) is 12.1 Å². The van der Waals surface area contributed by atoms with E-state index in [1.54, 1.807) is 0 Å². The third-order valence-electron chi connectivity index (χ3n) is 6.55. The number of hydrogen-bond acceptors (Lipinski definition) is 1. The SMILES string of the molecule is C=C[N+]1(C)CCCCC1CCOCCC1CCCC[N+]1(C)C=C. The monoisotopic (exact) mass is 322 g/mol. The number of ether oxygens (including phenoxy) is 1. The van der Waals surface area contributed by atoms with Crippen LogP contribution in [0, 0.1) is 0 Å². The first-order valence-electron chi connectivity index (χ1n) is 9.59. The van der Waals surface area contributed by atoms with Crippen LogP contribution in [-0.4, -0.2) is 61.4 Å². The summed E-state index contributed by atoms with van der Waals surface area (Å²) < 4.78 is 8.08. The molecular formula is C20H38N2O+2. The van der Waals surface area contributed by atoms with E-state index in [1.807, 2.05) is 0 Å². The molecule has 0 aromatic carbocycles. The molecule has 3 nitrogen and oxygen atoms in total. The number of piperidine rings is 2. The molecule has 2 heterocycles. The minimum atomic E-state index is 0.699. The van der Waals surface area contributed by atoms with Crippen LogP contribution in [0.5, 0.6) is 0 Å². The lowest BCUT2D eigenvalue weighted by atomic mass is 9.97. The molecule has 2 aliphatic rings. The zero-order valence-corrected chi connectivity index (χ0v) is 15.5. The molecule has 23 heavy (non-hydrogen) atoms. The quantitative estimate of drug-likeness (QED) is 0.483. The second-order valence-electron chi connectivity index (χ2n) is 7.99. The van der Waals surface area contributed by atoms with Crippen LogP contribution in [0.4, 0.5) is 0 Å². The Labute approximate surface area is 143 Å². The average Bonchev–Trinajstić information content (AvgIpc) is 2.57. The van der Waals surface area contributed by atoms with Gasteiger partial charge in [0.25, 0.3) is 0 Å². The predicted molar refractivity (Wildman–Crippen MR) is 97.8 cm³/mol. The summed E-state index contributed by atoms with van der Waals surface area (Å²) in [5.74, 6) is 0. The van der Waals surface area contributed by atoms with Gasteiger partial charge in [-0.2, -0.15) is 0 Å². The fourth-order valence-electron chi connectivity index (χ4n) is 4.52. The van der Waals surface area contributed by atoms with Crippen LogP contribution < -0.4 is 0 Å². The minimum Gasteiger partial charge on any atom is -0.381 e. The lowest BCUT2D eigenvalue weighted by molar-refractivity contribution is -0.891. The lowest BCUT2D eigenvalue weighted by Crippen LogP contribution is -2.51. The van der Waals surface area contributed by atoms with Crippen molar-refractivity contribution >= 4 is 0 Å². The first kappa shape index (κ1) is 18.7. The number of hydrogen-bond donors (Lipinski definition) is 0. The molecule has 0 aliphatic carbocycles. The molecule has 2 rings (SSSR count). The topological polar surface area (TPSA) is 9.23 Å². The predicted octanol–water partition coefficient (Wildman–Crippen LogP) is 4.07. The van der Waals surface area contributed by atoms with Gasteiger partial charge in [-0.15, -0.1) is 0 Å². The van der Waals surface area contributed by atoms with Gasteiger partial charge in [0.05, 0.1) is 64.9 Å². The molecule has 0 spiro atoms. The molecule has 4 unspecified atom stereocenters. The minimum absolute atomic E-state index is 0.699. The molecular weight excluding hydrogens is 284 g/mol. The van der Waals surface area contributed by atoms with Crippen LogP contribution in [0.25, 0.3) is 0 Å². The van der Waals surface area contributed by atoms with Crippen LogP contribution in [0.2, 0.25) is 0 Å². The average molecular weight is 323 g/mol. The molecule has 4 atom stereocenters. The maximum Gasteiger partial charge on any atom is 0.0952 e. The van der Waals surface area contributed by atoms with Crippen molar-refractivity contribution in [1.82, 2.24) is 0 Å². The molecule has 0 N–H and O–H groups in total. The maximum atomic E-state index is 6.03. The Bertz CT molecular complexity index is 361. The summed E-state index contributed by atoms with van der Waals surface area (Å²) in [5, 5.41) is 0. The molecule has 0 amide bonds. The van der Waals surface area contributed by atoms with Crippen molar-refractivity contribution in [2.24, 2.45) is 0 Å². The van der Waals surface area contributed by atoms with Gasteiger partial charge in [-0.05, 0) is 38.8 Å². The van der Waals surface area contributed by atoms with Crippen LogP contribution in [0.15, 0.2) is 25.6 Å². The first-order valence-corrected chi connectivity index (χ1v) is 9.59. The number of likely N-dealkylation sites (tertiary alicyclic amines) is 2. The summed E-state index contributed by atoms with van der Waals surface area (Å²) in [7, 11) is 4.65. The summed E-state index contributed by atoms with van der Waals surface area (Å²) in [6.45, 7) is 12.4. The smallest absolute Gasteiger partial charge is 0.0952 e.